The second-order valence-electron chi connectivity index (χ2n) is 4.28. The van der Waals surface area contributed by atoms with Crippen LogP contribution in [0.2, 0.25) is 10.0 Å². The van der Waals surface area contributed by atoms with Crippen molar-refractivity contribution in [1.29, 1.82) is 0 Å². The average molecular weight is 345 g/mol. The zero-order chi connectivity index (χ0) is 15.2. The van der Waals surface area contributed by atoms with Gasteiger partial charge in [-0.15, -0.1) is 11.3 Å². The molecule has 2 aromatic rings. The molecular formula is C14H14Cl2N2O2S. The fourth-order valence-electron chi connectivity index (χ4n) is 1.66. The molecule has 0 aliphatic rings. The highest BCUT2D eigenvalue weighted by molar-refractivity contribution is 7.09. The molecule has 0 aliphatic heterocycles. The van der Waals surface area contributed by atoms with Crippen LogP contribution in [0.15, 0.2) is 29.6 Å². The van der Waals surface area contributed by atoms with Crippen LogP contribution in [0.4, 0.5) is 11.4 Å². The van der Waals surface area contributed by atoms with Crippen LogP contribution < -0.4 is 11.1 Å². The monoisotopic (exact) mass is 344 g/mol. The third-order valence-corrected chi connectivity index (χ3v) is 4.01. The molecule has 21 heavy (non-hydrogen) atoms. The van der Waals surface area contributed by atoms with Gasteiger partial charge in [-0.1, -0.05) is 29.3 Å². The van der Waals surface area contributed by atoms with E-state index in [-0.39, 0.29) is 12.3 Å². The van der Waals surface area contributed by atoms with Crippen molar-refractivity contribution in [2.24, 2.45) is 0 Å². The molecule has 0 atom stereocenters. The van der Waals surface area contributed by atoms with Gasteiger partial charge in [0.2, 0.25) is 5.91 Å². The molecule has 1 amide bonds. The smallest absolute Gasteiger partial charge is 0.226 e. The molecule has 0 fully saturated rings. The lowest BCUT2D eigenvalue weighted by Gasteiger charge is -2.10. The third-order valence-electron chi connectivity index (χ3n) is 2.65. The van der Waals surface area contributed by atoms with Gasteiger partial charge in [0.15, 0.2) is 0 Å². The van der Waals surface area contributed by atoms with Crippen LogP contribution in [0, 0.1) is 0 Å². The number of benzene rings is 1. The summed E-state index contributed by atoms with van der Waals surface area (Å²) in [6.07, 6.45) is 0.226. The van der Waals surface area contributed by atoms with Crippen LogP contribution in [0.25, 0.3) is 0 Å². The van der Waals surface area contributed by atoms with E-state index < -0.39 is 0 Å². The molecule has 112 valence electrons. The molecular weight excluding hydrogens is 331 g/mol. The quantitative estimate of drug-likeness (QED) is 0.610. The number of carbonyl (C=O) groups excluding carboxylic acids is 1. The van der Waals surface area contributed by atoms with Gasteiger partial charge in [-0.3, -0.25) is 4.79 Å². The van der Waals surface area contributed by atoms with Crippen molar-refractivity contribution >= 4 is 51.8 Å². The van der Waals surface area contributed by atoms with Gasteiger partial charge in [0, 0.05) is 9.90 Å². The van der Waals surface area contributed by atoms with Crippen LogP contribution in [0.3, 0.4) is 0 Å². The number of thiophene rings is 1. The van der Waals surface area contributed by atoms with Crippen molar-refractivity contribution in [2.45, 2.75) is 13.0 Å². The normalized spacial score (nSPS) is 10.6. The number of hydrogen-bond donors (Lipinski definition) is 2. The number of nitrogen functional groups attached to an aromatic ring is 1. The maximum absolute atomic E-state index is 11.8. The van der Waals surface area contributed by atoms with E-state index in [2.05, 4.69) is 5.32 Å². The summed E-state index contributed by atoms with van der Waals surface area (Å²) in [5.41, 5.74) is 6.49. The van der Waals surface area contributed by atoms with E-state index in [1.54, 1.807) is 11.3 Å². The molecule has 0 bridgehead atoms. The fraction of sp³-hybridized carbons (Fsp3) is 0.214. The van der Waals surface area contributed by atoms with Crippen molar-refractivity contribution in [3.05, 3.63) is 44.6 Å². The first-order valence-corrected chi connectivity index (χ1v) is 7.84. The van der Waals surface area contributed by atoms with Crippen molar-refractivity contribution in [1.82, 2.24) is 0 Å². The van der Waals surface area contributed by atoms with E-state index in [0.29, 0.717) is 34.6 Å². The van der Waals surface area contributed by atoms with Crippen LogP contribution >= 0.6 is 34.5 Å². The predicted octanol–water partition coefficient (Wildman–Crippen LogP) is 4.18. The van der Waals surface area contributed by atoms with Crippen LogP contribution in [0.1, 0.15) is 11.3 Å². The lowest BCUT2D eigenvalue weighted by atomic mass is 10.2. The Labute approximate surface area is 136 Å². The summed E-state index contributed by atoms with van der Waals surface area (Å²) in [5.74, 6) is -0.211. The Hall–Kier alpha value is -1.27. The molecule has 2 rings (SSSR count). The van der Waals surface area contributed by atoms with Crippen molar-refractivity contribution < 1.29 is 9.53 Å². The van der Waals surface area contributed by atoms with Crippen molar-refractivity contribution in [3.8, 4) is 0 Å². The van der Waals surface area contributed by atoms with Gasteiger partial charge in [-0.2, -0.15) is 0 Å². The van der Waals surface area contributed by atoms with Gasteiger partial charge >= 0.3 is 0 Å². The lowest BCUT2D eigenvalue weighted by molar-refractivity contribution is -0.117. The summed E-state index contributed by atoms with van der Waals surface area (Å²) in [7, 11) is 0. The number of nitrogens with one attached hydrogen (secondary N) is 1. The van der Waals surface area contributed by atoms with Crippen molar-refractivity contribution in [2.75, 3.05) is 17.7 Å². The van der Waals surface area contributed by atoms with Gasteiger partial charge in [-0.25, -0.2) is 0 Å². The van der Waals surface area contributed by atoms with E-state index in [0.717, 1.165) is 4.88 Å². The summed E-state index contributed by atoms with van der Waals surface area (Å²) < 4.78 is 5.43. The Balaban J connectivity index is 1.79. The van der Waals surface area contributed by atoms with E-state index in [9.17, 15) is 4.79 Å². The van der Waals surface area contributed by atoms with Gasteiger partial charge in [0.1, 0.15) is 0 Å². The minimum atomic E-state index is -0.211. The number of nitrogens with two attached hydrogens (primary N) is 1. The highest BCUT2D eigenvalue weighted by Gasteiger charge is 2.10. The number of hydrogen-bond acceptors (Lipinski definition) is 4. The Morgan fingerprint density at radius 2 is 2.19 bits per heavy atom. The number of amides is 1. The molecule has 0 spiro atoms. The maximum Gasteiger partial charge on any atom is 0.226 e. The largest absolute Gasteiger partial charge is 0.397 e. The van der Waals surface area contributed by atoms with E-state index in [4.69, 9.17) is 33.7 Å². The maximum atomic E-state index is 11.8. The number of anilines is 2. The van der Waals surface area contributed by atoms with Crippen LogP contribution in [-0.4, -0.2) is 12.5 Å². The molecule has 0 saturated heterocycles. The summed E-state index contributed by atoms with van der Waals surface area (Å²) in [6.45, 7) is 0.837. The predicted molar refractivity (Wildman–Crippen MR) is 88.1 cm³/mol. The topological polar surface area (TPSA) is 64.3 Å². The highest BCUT2D eigenvalue weighted by atomic mass is 35.5. The summed E-state index contributed by atoms with van der Waals surface area (Å²) in [5, 5.41) is 5.39. The van der Waals surface area contributed by atoms with E-state index >= 15 is 0 Å². The zero-order valence-electron chi connectivity index (χ0n) is 11.1. The Morgan fingerprint density at radius 1 is 1.38 bits per heavy atom. The molecule has 1 aromatic carbocycles. The molecule has 1 heterocycles. The standard InChI is InChI=1S/C14H14Cl2N2O2S/c15-9-6-11(16)14(12(17)7-9)18-13(19)3-4-20-8-10-2-1-5-21-10/h1-2,5-7H,3-4,8,17H2,(H,18,19). The number of carbonyl (C=O) groups is 1. The average Bonchev–Trinajstić information content (AvgIpc) is 2.92. The van der Waals surface area contributed by atoms with Crippen molar-refractivity contribution in [3.63, 3.8) is 0 Å². The lowest BCUT2D eigenvalue weighted by Crippen LogP contribution is -2.15. The first-order chi connectivity index (χ1) is 10.1. The second kappa shape index (κ2) is 7.66. The molecule has 7 heteroatoms. The van der Waals surface area contributed by atoms with E-state index in [1.807, 2.05) is 17.5 Å². The van der Waals surface area contributed by atoms with Crippen LogP contribution in [-0.2, 0) is 16.1 Å². The number of ether oxygens (including phenoxy) is 1. The van der Waals surface area contributed by atoms with Gasteiger partial charge in [-0.05, 0) is 23.6 Å². The van der Waals surface area contributed by atoms with Gasteiger partial charge in [0.25, 0.3) is 0 Å². The Kier molecular flexibility index (Phi) is 5.87. The molecule has 0 saturated carbocycles. The zero-order valence-corrected chi connectivity index (χ0v) is 13.4. The molecule has 0 unspecified atom stereocenters. The number of halogens is 2. The summed E-state index contributed by atoms with van der Waals surface area (Å²) >= 11 is 13.4. The molecule has 0 radical (unpaired) electrons. The SMILES string of the molecule is Nc1cc(Cl)cc(Cl)c1NC(=O)CCOCc1cccs1. The highest BCUT2D eigenvalue weighted by Crippen LogP contribution is 2.32. The fourth-order valence-corrected chi connectivity index (χ4v) is 2.86. The third kappa shape index (κ3) is 4.89. The van der Waals surface area contributed by atoms with E-state index in [1.165, 1.54) is 12.1 Å². The first-order valence-electron chi connectivity index (χ1n) is 6.21. The molecule has 4 nitrogen and oxygen atoms in total. The molecule has 1 aromatic heterocycles. The number of rotatable bonds is 6. The molecule has 3 N–H and O–H groups in total. The minimum absolute atomic E-state index is 0.211. The second-order valence-corrected chi connectivity index (χ2v) is 6.16. The van der Waals surface area contributed by atoms with Gasteiger partial charge < -0.3 is 15.8 Å². The first kappa shape index (κ1) is 16.1. The van der Waals surface area contributed by atoms with Gasteiger partial charge in [0.05, 0.1) is 36.0 Å². The summed E-state index contributed by atoms with van der Waals surface area (Å²) in [4.78, 5) is 13.0. The minimum Gasteiger partial charge on any atom is -0.397 e. The Bertz CT molecular complexity index is 594. The van der Waals surface area contributed by atoms with Crippen LogP contribution in [0.5, 0.6) is 0 Å². The summed E-state index contributed by atoms with van der Waals surface area (Å²) in [6, 6.07) is 7.01. The Morgan fingerprint density at radius 3 is 2.86 bits per heavy atom. The molecule has 0 aliphatic carbocycles.